The van der Waals surface area contributed by atoms with Gasteiger partial charge >= 0.3 is 6.96 Å². The average molecular weight is 243 g/mol. The molecule has 7 heteroatoms. The largest absolute Gasteiger partial charge is 0.657 e. The van der Waals surface area contributed by atoms with Gasteiger partial charge in [0.1, 0.15) is 12.2 Å². The van der Waals surface area contributed by atoms with Crippen LogP contribution in [0.5, 0.6) is 0 Å². The second-order valence-electron chi connectivity index (χ2n) is 5.05. The molecule has 2 heterocycles. The van der Waals surface area contributed by atoms with E-state index < -0.39 is 31.1 Å². The summed E-state index contributed by atoms with van der Waals surface area (Å²) in [6.07, 6.45) is -1.48. The Morgan fingerprint density at radius 2 is 1.24 bits per heavy atom. The molecule has 0 aromatic carbocycles. The molecule has 2 rings (SSSR count). The molecule has 0 bridgehead atoms. The van der Waals surface area contributed by atoms with E-state index >= 15 is 0 Å². The van der Waals surface area contributed by atoms with Gasteiger partial charge in [0.15, 0.2) is 0 Å². The summed E-state index contributed by atoms with van der Waals surface area (Å²) >= 11 is 0. The van der Waals surface area contributed by atoms with Crippen molar-refractivity contribution >= 4 is 18.9 Å². The average Bonchev–Trinajstić information content (AvgIpc) is 2.68. The molecule has 0 aliphatic carbocycles. The fourth-order valence-electron chi connectivity index (χ4n) is 1.91. The van der Waals surface area contributed by atoms with Crippen molar-refractivity contribution in [1.29, 1.82) is 0 Å². The number of carbonyl (C=O) groups excluding carboxylic acids is 2. The van der Waals surface area contributed by atoms with Gasteiger partial charge in [0.2, 0.25) is 0 Å². The predicted molar refractivity (Wildman–Crippen MR) is 57.4 cm³/mol. The molecule has 0 radical (unpaired) electrons. The third-order valence-corrected chi connectivity index (χ3v) is 2.82. The smallest absolute Gasteiger partial charge is 0.606 e. The maximum Gasteiger partial charge on any atom is 0.657 e. The minimum atomic E-state index is -2.67. The number of hydrogen-bond acceptors (Lipinski definition) is 6. The predicted octanol–water partition coefficient (Wildman–Crippen LogP) is 0.618. The van der Waals surface area contributed by atoms with Gasteiger partial charge < -0.3 is 18.6 Å². The molecule has 0 amide bonds. The summed E-state index contributed by atoms with van der Waals surface area (Å²) in [5.41, 5.74) is 0. The molecule has 2 aliphatic rings. The van der Waals surface area contributed by atoms with Gasteiger partial charge in [-0.15, -0.1) is 0 Å². The summed E-state index contributed by atoms with van der Waals surface area (Å²) in [4.78, 5) is 23.1. The molecule has 17 heavy (non-hydrogen) atoms. The SMILES string of the molecule is CC(C)[C@@H]1O[B-]2(OC1=O)OC(=O)[C@H](C(C)C)O2. The molecule has 1 spiro atoms. The Kier molecular flexibility index (Phi) is 2.91. The van der Waals surface area contributed by atoms with Crippen molar-refractivity contribution in [1.82, 2.24) is 0 Å². The van der Waals surface area contributed by atoms with Gasteiger partial charge in [-0.2, -0.15) is 0 Å². The Labute approximate surface area is 99.6 Å². The van der Waals surface area contributed by atoms with Gasteiger partial charge in [-0.05, 0) is 11.8 Å². The zero-order valence-corrected chi connectivity index (χ0v) is 10.3. The van der Waals surface area contributed by atoms with E-state index in [2.05, 4.69) is 0 Å². The third-order valence-electron chi connectivity index (χ3n) is 2.82. The van der Waals surface area contributed by atoms with E-state index in [-0.39, 0.29) is 11.8 Å². The van der Waals surface area contributed by atoms with E-state index in [1.165, 1.54) is 0 Å². The van der Waals surface area contributed by atoms with Crippen molar-refractivity contribution in [3.8, 4) is 0 Å². The van der Waals surface area contributed by atoms with Crippen molar-refractivity contribution in [3.63, 3.8) is 0 Å². The topological polar surface area (TPSA) is 71.1 Å². The standard InChI is InChI=1S/C10H16BO6/c1-5(2)7-9(12)16-11(14-7)15-8(6(3)4)10(13)17-11/h5-8H,1-4H3/q-1/t7-,8-,11?/m0/s1. The van der Waals surface area contributed by atoms with Crippen LogP contribution in [0.2, 0.25) is 0 Å². The first kappa shape index (κ1) is 12.4. The van der Waals surface area contributed by atoms with E-state index in [4.69, 9.17) is 18.6 Å². The van der Waals surface area contributed by atoms with Gasteiger partial charge in [0.25, 0.3) is 11.9 Å². The summed E-state index contributed by atoms with van der Waals surface area (Å²) in [6, 6.07) is 0. The van der Waals surface area contributed by atoms with Crippen LogP contribution in [0.3, 0.4) is 0 Å². The lowest BCUT2D eigenvalue weighted by atomic mass is 10.0. The quantitative estimate of drug-likeness (QED) is 0.662. The van der Waals surface area contributed by atoms with Gasteiger partial charge in [-0.25, -0.2) is 0 Å². The maximum absolute atomic E-state index is 11.6. The summed E-state index contributed by atoms with van der Waals surface area (Å²) in [5.74, 6) is -1.22. The highest BCUT2D eigenvalue weighted by atomic mass is 16.9. The molecule has 96 valence electrons. The fourth-order valence-corrected chi connectivity index (χ4v) is 1.91. The zero-order chi connectivity index (χ0) is 12.8. The number of carbonyl (C=O) groups is 2. The van der Waals surface area contributed by atoms with Crippen molar-refractivity contribution in [2.24, 2.45) is 11.8 Å². The number of hydrogen-bond donors (Lipinski definition) is 0. The highest BCUT2D eigenvalue weighted by Crippen LogP contribution is 2.34. The Morgan fingerprint density at radius 3 is 1.47 bits per heavy atom. The fraction of sp³-hybridized carbons (Fsp3) is 0.800. The molecule has 0 unspecified atom stereocenters. The summed E-state index contributed by atoms with van der Waals surface area (Å²) < 4.78 is 20.7. The van der Waals surface area contributed by atoms with Gasteiger partial charge in [0, 0.05) is 0 Å². The maximum atomic E-state index is 11.6. The molecule has 6 nitrogen and oxygen atoms in total. The van der Waals surface area contributed by atoms with Crippen molar-refractivity contribution in [3.05, 3.63) is 0 Å². The highest BCUT2D eigenvalue weighted by Gasteiger charge is 2.57. The van der Waals surface area contributed by atoms with Crippen LogP contribution in [0.4, 0.5) is 0 Å². The van der Waals surface area contributed by atoms with Crippen LogP contribution < -0.4 is 0 Å². The second kappa shape index (κ2) is 3.99. The van der Waals surface area contributed by atoms with E-state index in [1.807, 2.05) is 27.7 Å². The first-order chi connectivity index (χ1) is 7.84. The zero-order valence-electron chi connectivity index (χ0n) is 10.3. The van der Waals surface area contributed by atoms with E-state index in [9.17, 15) is 9.59 Å². The Morgan fingerprint density at radius 1 is 0.882 bits per heavy atom. The molecule has 2 fully saturated rings. The minimum Gasteiger partial charge on any atom is -0.606 e. The van der Waals surface area contributed by atoms with Crippen molar-refractivity contribution in [2.45, 2.75) is 39.9 Å². The molecule has 2 atom stereocenters. The number of rotatable bonds is 2. The summed E-state index contributed by atoms with van der Waals surface area (Å²) in [5, 5.41) is 0. The second-order valence-corrected chi connectivity index (χ2v) is 5.05. The van der Waals surface area contributed by atoms with Crippen molar-refractivity contribution in [2.75, 3.05) is 0 Å². The lowest BCUT2D eigenvalue weighted by Gasteiger charge is -2.27. The molecular formula is C10H16BO6-. The molecular weight excluding hydrogens is 227 g/mol. The van der Waals surface area contributed by atoms with Crippen LogP contribution in [0.1, 0.15) is 27.7 Å². The van der Waals surface area contributed by atoms with E-state index in [0.29, 0.717) is 0 Å². The van der Waals surface area contributed by atoms with Gasteiger partial charge in [0.05, 0.1) is 0 Å². The lowest BCUT2D eigenvalue weighted by Crippen LogP contribution is -2.41. The van der Waals surface area contributed by atoms with E-state index in [1.54, 1.807) is 0 Å². The molecule has 2 saturated heterocycles. The molecule has 0 N–H and O–H groups in total. The minimum absolute atomic E-state index is 0.0656. The summed E-state index contributed by atoms with van der Waals surface area (Å²) in [7, 11) is 0. The Bertz CT molecular complexity index is 319. The van der Waals surface area contributed by atoms with Gasteiger partial charge in [-0.3, -0.25) is 9.59 Å². The first-order valence-electron chi connectivity index (χ1n) is 5.78. The van der Waals surface area contributed by atoms with Crippen LogP contribution in [0.25, 0.3) is 0 Å². The van der Waals surface area contributed by atoms with Crippen molar-refractivity contribution < 1.29 is 28.2 Å². The molecule has 0 saturated carbocycles. The Balaban J connectivity index is 2.14. The summed E-state index contributed by atoms with van der Waals surface area (Å²) in [6.45, 7) is 4.59. The lowest BCUT2D eigenvalue weighted by molar-refractivity contribution is -0.138. The van der Waals surface area contributed by atoms with Crippen LogP contribution in [0, 0.1) is 11.8 Å². The van der Waals surface area contributed by atoms with Crippen LogP contribution in [-0.4, -0.2) is 31.1 Å². The van der Waals surface area contributed by atoms with E-state index in [0.717, 1.165) is 0 Å². The molecule has 2 aliphatic heterocycles. The normalized spacial score (nSPS) is 31.4. The van der Waals surface area contributed by atoms with Crippen LogP contribution in [-0.2, 0) is 28.2 Å². The Hall–Kier alpha value is -1.08. The van der Waals surface area contributed by atoms with Crippen LogP contribution in [0.15, 0.2) is 0 Å². The highest BCUT2D eigenvalue weighted by molar-refractivity contribution is 6.61. The molecule has 0 aromatic rings. The third kappa shape index (κ3) is 2.04. The first-order valence-corrected chi connectivity index (χ1v) is 5.78. The monoisotopic (exact) mass is 243 g/mol. The van der Waals surface area contributed by atoms with Crippen LogP contribution >= 0.6 is 0 Å². The molecule has 0 aromatic heterocycles. The van der Waals surface area contributed by atoms with Gasteiger partial charge in [-0.1, -0.05) is 27.7 Å².